The Bertz CT molecular complexity index is 534. The molecule has 1 heterocycles. The van der Waals surface area contributed by atoms with Crippen LogP contribution in [0.5, 0.6) is 0 Å². The number of rotatable bonds is 6. The van der Waals surface area contributed by atoms with Crippen LogP contribution in [0.15, 0.2) is 29.2 Å². The molecule has 1 aliphatic heterocycles. The molecule has 111 valence electrons. The number of hydrogen-bond acceptors (Lipinski definition) is 4. The number of hydrogen-bond donors (Lipinski definition) is 2. The topological polar surface area (TPSA) is 75.4 Å². The lowest BCUT2D eigenvalue weighted by atomic mass is 10.1. The van der Waals surface area contributed by atoms with Gasteiger partial charge in [0.05, 0.1) is 4.90 Å². The van der Waals surface area contributed by atoms with Crippen molar-refractivity contribution in [1.29, 1.82) is 0 Å². The van der Waals surface area contributed by atoms with Gasteiger partial charge >= 0.3 is 0 Å². The van der Waals surface area contributed by atoms with Gasteiger partial charge in [-0.1, -0.05) is 26.0 Å². The minimum absolute atomic E-state index is 0.00790. The van der Waals surface area contributed by atoms with Gasteiger partial charge in [0.1, 0.15) is 0 Å². The summed E-state index contributed by atoms with van der Waals surface area (Å²) in [6, 6.07) is 6.71. The normalized spacial score (nSPS) is 17.4. The minimum Gasteiger partial charge on any atom is -0.326 e. The Morgan fingerprint density at radius 3 is 2.40 bits per heavy atom. The third-order valence-corrected chi connectivity index (χ3v) is 4.82. The zero-order valence-corrected chi connectivity index (χ0v) is 12.8. The van der Waals surface area contributed by atoms with E-state index in [0.29, 0.717) is 11.4 Å². The SMILES string of the molecule is C[C](C)CN1CC(NS(=O)(=O)c2ccc(CN)cc2)C1. The molecule has 0 bridgehead atoms. The highest BCUT2D eigenvalue weighted by Crippen LogP contribution is 2.16. The van der Waals surface area contributed by atoms with Crippen LogP contribution in [0.1, 0.15) is 19.4 Å². The minimum atomic E-state index is -3.42. The molecular formula is C14H22N3O2S. The lowest BCUT2D eigenvalue weighted by molar-refractivity contribution is 0.148. The number of likely N-dealkylation sites (tertiary alicyclic amines) is 1. The van der Waals surface area contributed by atoms with Gasteiger partial charge in [0.25, 0.3) is 0 Å². The summed E-state index contributed by atoms with van der Waals surface area (Å²) in [5, 5.41) is 0. The molecule has 0 spiro atoms. The third kappa shape index (κ3) is 3.79. The molecule has 1 fully saturated rings. The average molecular weight is 296 g/mol. The average Bonchev–Trinajstić information content (AvgIpc) is 2.35. The van der Waals surface area contributed by atoms with E-state index in [2.05, 4.69) is 23.5 Å². The first-order valence-electron chi connectivity index (χ1n) is 6.73. The second-order valence-electron chi connectivity index (χ2n) is 5.57. The van der Waals surface area contributed by atoms with E-state index in [1.165, 1.54) is 5.92 Å². The predicted octanol–water partition coefficient (Wildman–Crippen LogP) is 0.722. The molecule has 6 heteroatoms. The molecule has 0 aliphatic carbocycles. The van der Waals surface area contributed by atoms with E-state index in [0.717, 1.165) is 25.2 Å². The van der Waals surface area contributed by atoms with Gasteiger partial charge in [-0.2, -0.15) is 0 Å². The molecule has 20 heavy (non-hydrogen) atoms. The monoisotopic (exact) mass is 296 g/mol. The van der Waals surface area contributed by atoms with Gasteiger partial charge < -0.3 is 5.73 Å². The number of nitrogens with one attached hydrogen (secondary N) is 1. The Labute approximate surface area is 121 Å². The van der Waals surface area contributed by atoms with Gasteiger partial charge in [-0.25, -0.2) is 13.1 Å². The predicted molar refractivity (Wildman–Crippen MR) is 79.5 cm³/mol. The Morgan fingerprint density at radius 2 is 1.90 bits per heavy atom. The molecule has 0 atom stereocenters. The molecule has 0 unspecified atom stereocenters. The summed E-state index contributed by atoms with van der Waals surface area (Å²) in [7, 11) is -3.42. The molecule has 1 radical (unpaired) electrons. The molecule has 1 aromatic carbocycles. The standard InChI is InChI=1S/C14H22N3O2S/c1-11(2)8-17-9-13(10-17)16-20(18,19)14-5-3-12(7-15)4-6-14/h3-6,13,16H,7-10,15H2,1-2H3. The van der Waals surface area contributed by atoms with Gasteiger partial charge in [-0.3, -0.25) is 4.90 Å². The molecule has 0 aromatic heterocycles. The fraction of sp³-hybridized carbons (Fsp3) is 0.500. The number of sulfonamides is 1. The molecule has 0 amide bonds. The highest BCUT2D eigenvalue weighted by molar-refractivity contribution is 7.89. The zero-order valence-electron chi connectivity index (χ0n) is 12.0. The van der Waals surface area contributed by atoms with Gasteiger partial charge in [0.2, 0.25) is 10.0 Å². The summed E-state index contributed by atoms with van der Waals surface area (Å²) in [4.78, 5) is 2.52. The van der Waals surface area contributed by atoms with Crippen LogP contribution in [-0.4, -0.2) is 39.0 Å². The van der Waals surface area contributed by atoms with Crippen molar-refractivity contribution in [3.05, 3.63) is 35.7 Å². The quantitative estimate of drug-likeness (QED) is 0.811. The van der Waals surface area contributed by atoms with Crippen molar-refractivity contribution >= 4 is 10.0 Å². The van der Waals surface area contributed by atoms with Crippen molar-refractivity contribution < 1.29 is 8.42 Å². The van der Waals surface area contributed by atoms with Gasteiger partial charge in [0.15, 0.2) is 0 Å². The number of nitrogens with two attached hydrogens (primary N) is 1. The van der Waals surface area contributed by atoms with Gasteiger partial charge in [-0.05, 0) is 23.6 Å². The Hall–Kier alpha value is -0.950. The first-order chi connectivity index (χ1) is 9.40. The van der Waals surface area contributed by atoms with Crippen molar-refractivity contribution in [2.24, 2.45) is 5.73 Å². The summed E-state index contributed by atoms with van der Waals surface area (Å²) in [6.07, 6.45) is 0. The van der Waals surface area contributed by atoms with E-state index in [1.807, 2.05) is 0 Å². The molecule has 3 N–H and O–H groups in total. The molecule has 1 aliphatic rings. The smallest absolute Gasteiger partial charge is 0.240 e. The van der Waals surface area contributed by atoms with Crippen LogP contribution in [0.3, 0.4) is 0 Å². The van der Waals surface area contributed by atoms with E-state index < -0.39 is 10.0 Å². The van der Waals surface area contributed by atoms with Crippen LogP contribution in [0.4, 0.5) is 0 Å². The second-order valence-corrected chi connectivity index (χ2v) is 7.28. The lowest BCUT2D eigenvalue weighted by Gasteiger charge is -2.40. The molecular weight excluding hydrogens is 274 g/mol. The first kappa shape index (κ1) is 15.4. The Kier molecular flexibility index (Phi) is 4.80. The van der Waals surface area contributed by atoms with Crippen LogP contribution >= 0.6 is 0 Å². The van der Waals surface area contributed by atoms with Crippen LogP contribution < -0.4 is 10.5 Å². The fourth-order valence-electron chi connectivity index (χ4n) is 2.31. The Balaban J connectivity index is 1.92. The largest absolute Gasteiger partial charge is 0.326 e. The number of nitrogens with zero attached hydrogens (tertiary/aromatic N) is 1. The molecule has 0 saturated carbocycles. The Morgan fingerprint density at radius 1 is 1.30 bits per heavy atom. The summed E-state index contributed by atoms with van der Waals surface area (Å²) in [5.74, 6) is 1.34. The van der Waals surface area contributed by atoms with E-state index >= 15 is 0 Å². The van der Waals surface area contributed by atoms with Crippen molar-refractivity contribution in [3.8, 4) is 0 Å². The van der Waals surface area contributed by atoms with Crippen molar-refractivity contribution in [2.75, 3.05) is 19.6 Å². The summed E-state index contributed by atoms with van der Waals surface area (Å²) >= 11 is 0. The maximum absolute atomic E-state index is 12.2. The van der Waals surface area contributed by atoms with E-state index in [1.54, 1.807) is 24.3 Å². The van der Waals surface area contributed by atoms with Crippen LogP contribution in [0.2, 0.25) is 0 Å². The van der Waals surface area contributed by atoms with Crippen molar-refractivity contribution in [3.63, 3.8) is 0 Å². The maximum Gasteiger partial charge on any atom is 0.240 e. The van der Waals surface area contributed by atoms with E-state index in [9.17, 15) is 8.42 Å². The third-order valence-electron chi connectivity index (χ3n) is 3.29. The number of benzene rings is 1. The summed E-state index contributed by atoms with van der Waals surface area (Å²) in [6.45, 7) is 7.05. The van der Waals surface area contributed by atoms with Crippen LogP contribution in [0, 0.1) is 5.92 Å². The highest BCUT2D eigenvalue weighted by atomic mass is 32.2. The molecule has 1 saturated heterocycles. The van der Waals surface area contributed by atoms with E-state index in [-0.39, 0.29) is 6.04 Å². The molecule has 5 nitrogen and oxygen atoms in total. The van der Waals surface area contributed by atoms with Gasteiger partial charge in [0, 0.05) is 32.2 Å². The first-order valence-corrected chi connectivity index (χ1v) is 8.22. The summed E-state index contributed by atoms with van der Waals surface area (Å²) < 4.78 is 27.1. The fourth-order valence-corrected chi connectivity index (χ4v) is 3.53. The zero-order chi connectivity index (χ0) is 14.8. The van der Waals surface area contributed by atoms with Crippen molar-refractivity contribution in [2.45, 2.75) is 31.3 Å². The molecule has 1 aromatic rings. The maximum atomic E-state index is 12.2. The van der Waals surface area contributed by atoms with Crippen LogP contribution in [0.25, 0.3) is 0 Å². The second kappa shape index (κ2) is 6.22. The summed E-state index contributed by atoms with van der Waals surface area (Å²) in [5.41, 5.74) is 6.43. The van der Waals surface area contributed by atoms with Gasteiger partial charge in [-0.15, -0.1) is 0 Å². The van der Waals surface area contributed by atoms with E-state index in [4.69, 9.17) is 5.73 Å². The highest BCUT2D eigenvalue weighted by Gasteiger charge is 2.30. The van der Waals surface area contributed by atoms with Crippen molar-refractivity contribution in [1.82, 2.24) is 9.62 Å². The van der Waals surface area contributed by atoms with Crippen LogP contribution in [-0.2, 0) is 16.6 Å². The lowest BCUT2D eigenvalue weighted by Crippen LogP contribution is -2.59. The molecule has 2 rings (SSSR count).